The molecule has 0 bridgehead atoms. The minimum absolute atomic E-state index is 0.178. The van der Waals surface area contributed by atoms with Crippen LogP contribution in [0, 0.1) is 5.92 Å². The molecule has 1 aromatic rings. The largest absolute Gasteiger partial charge is 0.368 e. The minimum atomic E-state index is -0.573. The van der Waals surface area contributed by atoms with Crippen molar-refractivity contribution in [2.75, 3.05) is 12.8 Å². The van der Waals surface area contributed by atoms with Crippen LogP contribution in [0.5, 0.6) is 0 Å². The second-order valence-electron chi connectivity index (χ2n) is 5.37. The van der Waals surface area contributed by atoms with Crippen LogP contribution < -0.4 is 16.7 Å². The summed E-state index contributed by atoms with van der Waals surface area (Å²) in [5.74, 6) is 0.794. The molecule has 1 amide bonds. The number of hydrogen-bond donors (Lipinski definition) is 3. The number of nitrogens with one attached hydrogen (secondary N) is 2. The first-order chi connectivity index (χ1) is 10.0. The van der Waals surface area contributed by atoms with E-state index in [2.05, 4.69) is 15.5 Å². The number of thioether (sulfide) groups is 1. The molecule has 0 spiro atoms. The number of aromatic nitrogens is 3. The highest BCUT2D eigenvalue weighted by Gasteiger charge is 2.46. The number of nitrogens with two attached hydrogens (primary N) is 1. The summed E-state index contributed by atoms with van der Waals surface area (Å²) in [6.45, 7) is 2.51. The molecule has 0 radical (unpaired) electrons. The number of carbonyl (C=O) groups excluding carboxylic acids is 1. The third kappa shape index (κ3) is 3.01. The molecule has 2 unspecified atom stereocenters. The number of H-pyrrole nitrogens is 1. The van der Waals surface area contributed by atoms with E-state index in [1.165, 1.54) is 0 Å². The molecule has 21 heavy (non-hydrogen) atoms. The SMILES string of the molecule is CCn1c(SCCC2CCCC2(NC)C(N)=O)n[nH]c1=O. The zero-order chi connectivity index (χ0) is 15.5. The zero-order valence-electron chi connectivity index (χ0n) is 12.5. The lowest BCUT2D eigenvalue weighted by Gasteiger charge is -2.32. The highest BCUT2D eigenvalue weighted by molar-refractivity contribution is 7.99. The second kappa shape index (κ2) is 6.65. The van der Waals surface area contributed by atoms with Gasteiger partial charge in [-0.25, -0.2) is 9.89 Å². The summed E-state index contributed by atoms with van der Waals surface area (Å²) in [6.07, 6.45) is 3.70. The molecule has 0 saturated heterocycles. The van der Waals surface area contributed by atoms with Gasteiger partial charge in [-0.15, -0.1) is 5.10 Å². The maximum Gasteiger partial charge on any atom is 0.343 e. The minimum Gasteiger partial charge on any atom is -0.368 e. The number of aromatic amines is 1. The zero-order valence-corrected chi connectivity index (χ0v) is 13.3. The maximum atomic E-state index is 11.8. The number of rotatable bonds is 7. The van der Waals surface area contributed by atoms with Gasteiger partial charge in [0.25, 0.3) is 0 Å². The van der Waals surface area contributed by atoms with E-state index in [0.717, 1.165) is 31.4 Å². The maximum absolute atomic E-state index is 11.8. The summed E-state index contributed by atoms with van der Waals surface area (Å²) < 4.78 is 1.61. The Bertz CT molecular complexity index is 555. The van der Waals surface area contributed by atoms with E-state index in [9.17, 15) is 9.59 Å². The highest BCUT2D eigenvalue weighted by atomic mass is 32.2. The van der Waals surface area contributed by atoms with Crippen LogP contribution in [0.4, 0.5) is 0 Å². The van der Waals surface area contributed by atoms with Gasteiger partial charge in [0.15, 0.2) is 5.16 Å². The van der Waals surface area contributed by atoms with Crippen molar-refractivity contribution in [1.29, 1.82) is 0 Å². The highest BCUT2D eigenvalue weighted by Crippen LogP contribution is 2.38. The monoisotopic (exact) mass is 313 g/mol. The number of hydrogen-bond acceptors (Lipinski definition) is 5. The van der Waals surface area contributed by atoms with Crippen LogP contribution in [0.1, 0.15) is 32.6 Å². The van der Waals surface area contributed by atoms with Crippen molar-refractivity contribution in [1.82, 2.24) is 20.1 Å². The van der Waals surface area contributed by atoms with Gasteiger partial charge in [-0.2, -0.15) is 0 Å². The molecule has 2 atom stereocenters. The molecule has 1 saturated carbocycles. The first-order valence-corrected chi connectivity index (χ1v) is 8.30. The Kier molecular flexibility index (Phi) is 5.10. The van der Waals surface area contributed by atoms with Gasteiger partial charge in [0.1, 0.15) is 5.54 Å². The summed E-state index contributed by atoms with van der Waals surface area (Å²) in [4.78, 5) is 23.3. The lowest BCUT2D eigenvalue weighted by molar-refractivity contribution is -0.125. The molecule has 2 rings (SSSR count). The van der Waals surface area contributed by atoms with Crippen molar-refractivity contribution in [3.05, 3.63) is 10.5 Å². The molecule has 1 fully saturated rings. The molecule has 7 nitrogen and oxygen atoms in total. The molecule has 1 aliphatic rings. The van der Waals surface area contributed by atoms with Crippen molar-refractivity contribution in [2.45, 2.75) is 49.8 Å². The number of amides is 1. The second-order valence-corrected chi connectivity index (χ2v) is 6.43. The van der Waals surface area contributed by atoms with Crippen LogP contribution in [-0.2, 0) is 11.3 Å². The molecule has 1 heterocycles. The van der Waals surface area contributed by atoms with E-state index < -0.39 is 5.54 Å². The van der Waals surface area contributed by atoms with Gasteiger partial charge in [-0.05, 0) is 39.2 Å². The first kappa shape index (κ1) is 16.1. The Morgan fingerprint density at radius 1 is 1.67 bits per heavy atom. The van der Waals surface area contributed by atoms with Crippen LogP contribution >= 0.6 is 11.8 Å². The fraction of sp³-hybridized carbons (Fsp3) is 0.769. The van der Waals surface area contributed by atoms with Gasteiger partial charge >= 0.3 is 5.69 Å². The predicted octanol–water partition coefficient (Wildman–Crippen LogP) is 0.317. The van der Waals surface area contributed by atoms with E-state index in [1.54, 1.807) is 23.4 Å². The average molecular weight is 313 g/mol. The Morgan fingerprint density at radius 3 is 3.05 bits per heavy atom. The van der Waals surface area contributed by atoms with Crippen molar-refractivity contribution < 1.29 is 4.79 Å². The van der Waals surface area contributed by atoms with Gasteiger partial charge in [0.05, 0.1) is 0 Å². The van der Waals surface area contributed by atoms with Gasteiger partial charge in [0, 0.05) is 12.3 Å². The lowest BCUT2D eigenvalue weighted by Crippen LogP contribution is -2.56. The lowest BCUT2D eigenvalue weighted by atomic mass is 9.84. The molecular weight excluding hydrogens is 290 g/mol. The van der Waals surface area contributed by atoms with E-state index in [-0.39, 0.29) is 17.5 Å². The summed E-state index contributed by atoms with van der Waals surface area (Å²) in [7, 11) is 1.80. The van der Waals surface area contributed by atoms with Crippen molar-refractivity contribution in [3.63, 3.8) is 0 Å². The molecule has 1 aromatic heterocycles. The number of primary amides is 1. The Hall–Kier alpha value is -1.28. The van der Waals surface area contributed by atoms with Crippen LogP contribution in [0.3, 0.4) is 0 Å². The van der Waals surface area contributed by atoms with Crippen LogP contribution in [0.25, 0.3) is 0 Å². The number of nitrogens with zero attached hydrogens (tertiary/aromatic N) is 2. The predicted molar refractivity (Wildman–Crippen MR) is 82.2 cm³/mol. The third-order valence-electron chi connectivity index (χ3n) is 4.44. The van der Waals surface area contributed by atoms with Gasteiger partial charge < -0.3 is 11.1 Å². The molecule has 0 aromatic carbocycles. The Labute approximate surface area is 128 Å². The van der Waals surface area contributed by atoms with E-state index in [1.807, 2.05) is 6.92 Å². The molecular formula is C13H23N5O2S. The smallest absolute Gasteiger partial charge is 0.343 e. The molecule has 118 valence electrons. The van der Waals surface area contributed by atoms with E-state index >= 15 is 0 Å². The summed E-state index contributed by atoms with van der Waals surface area (Å²) >= 11 is 1.54. The molecule has 1 aliphatic carbocycles. The quantitative estimate of drug-likeness (QED) is 0.629. The molecule has 8 heteroatoms. The average Bonchev–Trinajstić information content (AvgIpc) is 3.03. The fourth-order valence-electron chi connectivity index (χ4n) is 3.23. The van der Waals surface area contributed by atoms with Gasteiger partial charge in [0.2, 0.25) is 5.91 Å². The normalized spacial score (nSPS) is 25.3. The topological polar surface area (TPSA) is 106 Å². The van der Waals surface area contributed by atoms with Crippen molar-refractivity contribution in [3.8, 4) is 0 Å². The van der Waals surface area contributed by atoms with E-state index in [4.69, 9.17) is 5.73 Å². The number of likely N-dealkylation sites (N-methyl/N-ethyl adjacent to an activating group) is 1. The Morgan fingerprint density at radius 2 is 2.43 bits per heavy atom. The molecule has 4 N–H and O–H groups in total. The number of carbonyl (C=O) groups is 1. The van der Waals surface area contributed by atoms with E-state index in [0.29, 0.717) is 11.7 Å². The van der Waals surface area contributed by atoms with Crippen molar-refractivity contribution in [2.24, 2.45) is 11.7 Å². The summed E-state index contributed by atoms with van der Waals surface area (Å²) in [5.41, 5.74) is 4.84. The van der Waals surface area contributed by atoms with Gasteiger partial charge in [-0.3, -0.25) is 9.36 Å². The van der Waals surface area contributed by atoms with Crippen LogP contribution in [0.2, 0.25) is 0 Å². The Balaban J connectivity index is 1.96. The third-order valence-corrected chi connectivity index (χ3v) is 5.45. The molecule has 0 aliphatic heterocycles. The van der Waals surface area contributed by atoms with Gasteiger partial charge in [-0.1, -0.05) is 18.2 Å². The van der Waals surface area contributed by atoms with Crippen molar-refractivity contribution >= 4 is 17.7 Å². The summed E-state index contributed by atoms with van der Waals surface area (Å²) in [5, 5.41) is 10.3. The summed E-state index contributed by atoms with van der Waals surface area (Å²) in [6, 6.07) is 0. The fourth-order valence-corrected chi connectivity index (χ4v) is 4.29. The van der Waals surface area contributed by atoms with Crippen LogP contribution in [0.15, 0.2) is 9.95 Å². The van der Waals surface area contributed by atoms with Crippen LogP contribution in [-0.4, -0.2) is 39.0 Å². The first-order valence-electron chi connectivity index (χ1n) is 7.32. The standard InChI is InChI=1S/C13H23N5O2S/c1-3-18-11(20)16-17-12(18)21-8-6-9-5-4-7-13(9,15-2)10(14)19/h9,15H,3-8H2,1-2H3,(H2,14,19)(H,16,20).